The molecule has 0 aliphatic carbocycles. The molecule has 3 N–H and O–H groups in total. The first-order valence-corrected chi connectivity index (χ1v) is 6.12. The first-order valence-electron chi connectivity index (χ1n) is 6.12. The summed E-state index contributed by atoms with van der Waals surface area (Å²) < 4.78 is 15.6. The van der Waals surface area contributed by atoms with E-state index in [1.807, 2.05) is 0 Å². The average molecular weight is 266 g/mol. The van der Waals surface area contributed by atoms with Crippen LogP contribution in [0.4, 0.5) is 11.4 Å². The predicted octanol–water partition coefficient (Wildman–Crippen LogP) is 0.883. The Morgan fingerprint density at radius 2 is 2.37 bits per heavy atom. The van der Waals surface area contributed by atoms with Crippen LogP contribution < -0.4 is 11.1 Å². The van der Waals surface area contributed by atoms with Crippen LogP contribution in [0.3, 0.4) is 0 Å². The highest BCUT2D eigenvalue weighted by atomic mass is 16.6. The number of hydrogen-bond donors (Lipinski definition) is 2. The molecule has 0 amide bonds. The van der Waals surface area contributed by atoms with Crippen LogP contribution in [-0.2, 0) is 14.2 Å². The molecule has 19 heavy (non-hydrogen) atoms. The molecule has 6 heteroatoms. The van der Waals surface area contributed by atoms with Crippen LogP contribution >= 0.6 is 0 Å². The summed E-state index contributed by atoms with van der Waals surface area (Å²) >= 11 is 0. The third kappa shape index (κ3) is 3.36. The molecule has 2 rings (SSSR count). The number of carbonyl (C=O) groups excluding carboxylic acids is 1. The van der Waals surface area contributed by atoms with Crippen LogP contribution in [0.5, 0.6) is 0 Å². The molecule has 1 aliphatic heterocycles. The van der Waals surface area contributed by atoms with Gasteiger partial charge in [-0.05, 0) is 12.1 Å². The maximum atomic E-state index is 11.7. The molecule has 1 aliphatic rings. The maximum Gasteiger partial charge on any atom is 0.340 e. The van der Waals surface area contributed by atoms with Crippen molar-refractivity contribution in [1.29, 1.82) is 0 Å². The van der Waals surface area contributed by atoms with Gasteiger partial charge in [-0.1, -0.05) is 6.07 Å². The molecule has 1 atom stereocenters. The largest absolute Gasteiger partial charge is 0.465 e. The summed E-state index contributed by atoms with van der Waals surface area (Å²) in [6.45, 7) is 2.27. The van der Waals surface area contributed by atoms with Crippen LogP contribution in [0.2, 0.25) is 0 Å². The Bertz CT molecular complexity index is 444. The van der Waals surface area contributed by atoms with Gasteiger partial charge in [-0.15, -0.1) is 0 Å². The minimum atomic E-state index is -0.421. The summed E-state index contributed by atoms with van der Waals surface area (Å²) in [5.74, 6) is -0.421. The van der Waals surface area contributed by atoms with Crippen molar-refractivity contribution in [2.45, 2.75) is 6.10 Å². The van der Waals surface area contributed by atoms with Gasteiger partial charge in [0.15, 0.2) is 0 Å². The third-order valence-electron chi connectivity index (χ3n) is 2.89. The zero-order chi connectivity index (χ0) is 13.7. The SMILES string of the molecule is COC(=O)c1cccc(N)c1NCC1COCCO1. The molecule has 1 aromatic rings. The molecule has 1 aromatic carbocycles. The maximum absolute atomic E-state index is 11.7. The number of methoxy groups -OCH3 is 1. The van der Waals surface area contributed by atoms with Crippen molar-refractivity contribution >= 4 is 17.3 Å². The van der Waals surface area contributed by atoms with E-state index in [4.69, 9.17) is 19.9 Å². The van der Waals surface area contributed by atoms with Crippen LogP contribution in [0.15, 0.2) is 18.2 Å². The minimum Gasteiger partial charge on any atom is -0.465 e. The van der Waals surface area contributed by atoms with E-state index in [-0.39, 0.29) is 6.10 Å². The van der Waals surface area contributed by atoms with Crippen molar-refractivity contribution in [3.8, 4) is 0 Å². The van der Waals surface area contributed by atoms with Gasteiger partial charge in [0.2, 0.25) is 0 Å². The molecule has 1 unspecified atom stereocenters. The Labute approximate surface area is 111 Å². The number of anilines is 2. The van der Waals surface area contributed by atoms with E-state index in [0.29, 0.717) is 43.3 Å². The zero-order valence-corrected chi connectivity index (χ0v) is 10.8. The standard InChI is InChI=1S/C13H18N2O4/c1-17-13(16)10-3-2-4-11(14)12(10)15-7-9-8-18-5-6-19-9/h2-4,9,15H,5-8,14H2,1H3. The summed E-state index contributed by atoms with van der Waals surface area (Å²) in [5, 5.41) is 3.14. The van der Waals surface area contributed by atoms with E-state index in [9.17, 15) is 4.79 Å². The van der Waals surface area contributed by atoms with Crippen LogP contribution in [0.25, 0.3) is 0 Å². The Hall–Kier alpha value is -1.79. The van der Waals surface area contributed by atoms with Gasteiger partial charge in [-0.25, -0.2) is 4.79 Å². The number of esters is 1. The van der Waals surface area contributed by atoms with Gasteiger partial charge in [0, 0.05) is 6.54 Å². The van der Waals surface area contributed by atoms with Crippen molar-refractivity contribution < 1.29 is 19.0 Å². The highest BCUT2D eigenvalue weighted by molar-refractivity contribution is 5.98. The normalized spacial score (nSPS) is 18.9. The van der Waals surface area contributed by atoms with Crippen molar-refractivity contribution in [3.63, 3.8) is 0 Å². The van der Waals surface area contributed by atoms with Crippen LogP contribution in [0, 0.1) is 0 Å². The lowest BCUT2D eigenvalue weighted by molar-refractivity contribution is -0.0818. The quantitative estimate of drug-likeness (QED) is 0.622. The summed E-state index contributed by atoms with van der Waals surface area (Å²) in [5.41, 5.74) is 7.38. The second-order valence-electron chi connectivity index (χ2n) is 4.21. The molecule has 104 valence electrons. The molecule has 0 aromatic heterocycles. The molecule has 0 radical (unpaired) electrons. The molecule has 0 bridgehead atoms. The number of hydrogen-bond acceptors (Lipinski definition) is 6. The number of ether oxygens (including phenoxy) is 3. The molecule has 0 saturated carbocycles. The predicted molar refractivity (Wildman–Crippen MR) is 71.2 cm³/mol. The average Bonchev–Trinajstić information content (AvgIpc) is 2.46. The second kappa shape index (κ2) is 6.40. The second-order valence-corrected chi connectivity index (χ2v) is 4.21. The van der Waals surface area contributed by atoms with Gasteiger partial charge in [-0.3, -0.25) is 0 Å². The highest BCUT2D eigenvalue weighted by Crippen LogP contribution is 2.24. The topological polar surface area (TPSA) is 82.8 Å². The zero-order valence-electron chi connectivity index (χ0n) is 10.8. The van der Waals surface area contributed by atoms with Gasteiger partial charge in [0.1, 0.15) is 0 Å². The molecule has 6 nitrogen and oxygen atoms in total. The van der Waals surface area contributed by atoms with Gasteiger partial charge in [0.25, 0.3) is 0 Å². The minimum absolute atomic E-state index is 0.0427. The first kappa shape index (κ1) is 13.6. The number of nitrogens with one attached hydrogen (secondary N) is 1. The summed E-state index contributed by atoms with van der Waals surface area (Å²) in [4.78, 5) is 11.7. The molecular formula is C13H18N2O4. The van der Waals surface area contributed by atoms with Crippen molar-refractivity contribution in [2.75, 3.05) is 44.5 Å². The van der Waals surface area contributed by atoms with E-state index in [0.717, 1.165) is 0 Å². The fourth-order valence-electron chi connectivity index (χ4n) is 1.92. The smallest absolute Gasteiger partial charge is 0.340 e. The van der Waals surface area contributed by atoms with Gasteiger partial charge >= 0.3 is 5.97 Å². The summed E-state index contributed by atoms with van der Waals surface area (Å²) in [6.07, 6.45) is -0.0427. The number of benzene rings is 1. The van der Waals surface area contributed by atoms with Crippen LogP contribution in [-0.4, -0.2) is 45.5 Å². The van der Waals surface area contributed by atoms with Gasteiger partial charge < -0.3 is 25.3 Å². The monoisotopic (exact) mass is 266 g/mol. The van der Waals surface area contributed by atoms with E-state index in [1.165, 1.54) is 7.11 Å². The van der Waals surface area contributed by atoms with E-state index >= 15 is 0 Å². The molecular weight excluding hydrogens is 248 g/mol. The van der Waals surface area contributed by atoms with Crippen molar-refractivity contribution in [1.82, 2.24) is 0 Å². The number of rotatable bonds is 4. The van der Waals surface area contributed by atoms with Crippen molar-refractivity contribution in [2.24, 2.45) is 0 Å². The highest BCUT2D eigenvalue weighted by Gasteiger charge is 2.18. The Morgan fingerprint density at radius 3 is 3.05 bits per heavy atom. The molecule has 1 saturated heterocycles. The van der Waals surface area contributed by atoms with E-state index in [2.05, 4.69) is 5.32 Å². The lowest BCUT2D eigenvalue weighted by atomic mass is 10.1. The number of para-hydroxylation sites is 1. The lowest BCUT2D eigenvalue weighted by Gasteiger charge is -2.24. The Balaban J connectivity index is 2.07. The molecule has 1 fully saturated rings. The fourth-order valence-corrected chi connectivity index (χ4v) is 1.92. The van der Waals surface area contributed by atoms with E-state index < -0.39 is 5.97 Å². The third-order valence-corrected chi connectivity index (χ3v) is 2.89. The molecule has 0 spiro atoms. The summed E-state index contributed by atoms with van der Waals surface area (Å²) in [7, 11) is 1.34. The summed E-state index contributed by atoms with van der Waals surface area (Å²) in [6, 6.07) is 5.11. The Morgan fingerprint density at radius 1 is 1.53 bits per heavy atom. The Kier molecular flexibility index (Phi) is 4.59. The van der Waals surface area contributed by atoms with E-state index in [1.54, 1.807) is 18.2 Å². The fraction of sp³-hybridized carbons (Fsp3) is 0.462. The number of nitrogens with two attached hydrogens (primary N) is 1. The molecule has 1 heterocycles. The number of nitrogen functional groups attached to an aromatic ring is 1. The van der Waals surface area contributed by atoms with Gasteiger partial charge in [-0.2, -0.15) is 0 Å². The first-order chi connectivity index (χ1) is 9.22. The lowest BCUT2D eigenvalue weighted by Crippen LogP contribution is -2.34. The van der Waals surface area contributed by atoms with Crippen molar-refractivity contribution in [3.05, 3.63) is 23.8 Å². The number of carbonyl (C=O) groups is 1. The van der Waals surface area contributed by atoms with Gasteiger partial charge in [0.05, 0.1) is 50.0 Å². The van der Waals surface area contributed by atoms with Crippen LogP contribution in [0.1, 0.15) is 10.4 Å².